The van der Waals surface area contributed by atoms with Crippen molar-refractivity contribution in [1.82, 2.24) is 0 Å². The molecule has 0 N–H and O–H groups in total. The Morgan fingerprint density at radius 3 is 2.41 bits per heavy atom. The maximum atomic E-state index is 13.4. The molecule has 2 heterocycles. The molecule has 2 aliphatic heterocycles. The molecule has 0 unspecified atom stereocenters. The van der Waals surface area contributed by atoms with Crippen molar-refractivity contribution in [1.29, 1.82) is 0 Å². The average Bonchev–Trinajstić information content (AvgIpc) is 3.19. The van der Waals surface area contributed by atoms with Gasteiger partial charge >= 0.3 is 0 Å². The maximum Gasteiger partial charge on any atom is 0.181 e. The summed E-state index contributed by atoms with van der Waals surface area (Å²) in [5.74, 6) is 3.89. The molecule has 180 valence electrons. The van der Waals surface area contributed by atoms with Crippen molar-refractivity contribution < 1.29 is 14.3 Å². The van der Waals surface area contributed by atoms with E-state index in [4.69, 9.17) is 9.47 Å². The average molecular weight is 443 g/mol. The quantitative estimate of drug-likeness (QED) is 0.449. The summed E-state index contributed by atoms with van der Waals surface area (Å²) in [6.07, 6.45) is 14.7. The minimum Gasteiger partial charge on any atom is -0.349 e. The Kier molecular flexibility index (Phi) is 4.87. The van der Waals surface area contributed by atoms with Crippen LogP contribution in [0.3, 0.4) is 0 Å². The maximum absolute atomic E-state index is 13.4. The van der Waals surface area contributed by atoms with Crippen LogP contribution in [0.2, 0.25) is 0 Å². The van der Waals surface area contributed by atoms with Gasteiger partial charge in [0.2, 0.25) is 0 Å². The van der Waals surface area contributed by atoms with E-state index < -0.39 is 11.2 Å². The van der Waals surface area contributed by atoms with Gasteiger partial charge in [-0.05, 0) is 106 Å². The molecule has 4 aliphatic carbocycles. The molecule has 32 heavy (non-hydrogen) atoms. The predicted octanol–water partition coefficient (Wildman–Crippen LogP) is 6.78. The molecule has 3 heteroatoms. The van der Waals surface area contributed by atoms with Crippen LogP contribution in [0.25, 0.3) is 0 Å². The first kappa shape index (κ1) is 22.1. The Morgan fingerprint density at radius 2 is 1.69 bits per heavy atom. The van der Waals surface area contributed by atoms with Gasteiger partial charge in [0.1, 0.15) is 5.78 Å². The van der Waals surface area contributed by atoms with Crippen LogP contribution in [0.5, 0.6) is 0 Å². The number of ether oxygens (including phenoxy) is 2. The highest BCUT2D eigenvalue weighted by atomic mass is 16.7. The fraction of sp³-hybridized carbons (Fsp3) is 0.966. The van der Waals surface area contributed by atoms with Crippen molar-refractivity contribution in [3.05, 3.63) is 0 Å². The summed E-state index contributed by atoms with van der Waals surface area (Å²) in [4.78, 5) is 13.4. The van der Waals surface area contributed by atoms with Gasteiger partial charge in [-0.15, -0.1) is 0 Å². The lowest BCUT2D eigenvalue weighted by Crippen LogP contribution is -2.59. The standard InChI is InChI=1S/C29H46O3/c1-18-11-15-29(31-17-18)28(5,19(2)30)25-24(32-29)16-23-21-10-9-20-8-6-7-13-26(20,3)22(21)12-14-27(23,25)4/h18,20-25H,6-17H2,1-5H3/t18-,20-,21-,22+,23+,24+,25+,26+,27+,28-,29-/m1/s1. The molecular weight excluding hydrogens is 396 g/mol. The van der Waals surface area contributed by atoms with E-state index in [9.17, 15) is 4.79 Å². The summed E-state index contributed by atoms with van der Waals surface area (Å²) in [5.41, 5.74) is 0.259. The van der Waals surface area contributed by atoms with Crippen LogP contribution in [0.1, 0.15) is 105 Å². The van der Waals surface area contributed by atoms with E-state index in [1.165, 1.54) is 51.4 Å². The van der Waals surface area contributed by atoms with E-state index in [2.05, 4.69) is 27.7 Å². The van der Waals surface area contributed by atoms with Gasteiger partial charge in [0.05, 0.1) is 18.1 Å². The first-order valence-electron chi connectivity index (χ1n) is 14.0. The molecule has 0 aromatic rings. The van der Waals surface area contributed by atoms with Crippen molar-refractivity contribution in [3.63, 3.8) is 0 Å². The second kappa shape index (κ2) is 7.06. The molecule has 0 radical (unpaired) electrons. The third kappa shape index (κ3) is 2.59. The highest BCUT2D eigenvalue weighted by Gasteiger charge is 2.75. The fourth-order valence-electron chi connectivity index (χ4n) is 10.9. The molecule has 2 saturated heterocycles. The summed E-state index contributed by atoms with van der Waals surface area (Å²) in [6.45, 7) is 12.3. The molecule has 0 bridgehead atoms. The summed E-state index contributed by atoms with van der Waals surface area (Å²) in [7, 11) is 0. The second-order valence-electron chi connectivity index (χ2n) is 13.8. The van der Waals surface area contributed by atoms with Crippen molar-refractivity contribution in [3.8, 4) is 0 Å². The zero-order valence-corrected chi connectivity index (χ0v) is 21.3. The Morgan fingerprint density at radius 1 is 0.875 bits per heavy atom. The molecule has 1 spiro atoms. The van der Waals surface area contributed by atoms with E-state index >= 15 is 0 Å². The minimum atomic E-state index is -0.682. The Hall–Kier alpha value is -0.410. The largest absolute Gasteiger partial charge is 0.349 e. The predicted molar refractivity (Wildman–Crippen MR) is 126 cm³/mol. The van der Waals surface area contributed by atoms with E-state index in [1.54, 1.807) is 0 Å². The monoisotopic (exact) mass is 442 g/mol. The third-order valence-electron chi connectivity index (χ3n) is 12.6. The normalized spacial score (nSPS) is 59.2. The van der Waals surface area contributed by atoms with E-state index in [0.29, 0.717) is 23.0 Å². The molecule has 0 aromatic heterocycles. The molecule has 0 amide bonds. The molecule has 3 nitrogen and oxygen atoms in total. The Labute approximate surface area is 195 Å². The van der Waals surface area contributed by atoms with Gasteiger partial charge in [-0.1, -0.05) is 33.6 Å². The van der Waals surface area contributed by atoms with Crippen LogP contribution in [-0.2, 0) is 14.3 Å². The van der Waals surface area contributed by atoms with Gasteiger partial charge in [-0.2, -0.15) is 0 Å². The van der Waals surface area contributed by atoms with Gasteiger partial charge < -0.3 is 9.47 Å². The lowest BCUT2D eigenvalue weighted by molar-refractivity contribution is -0.291. The second-order valence-corrected chi connectivity index (χ2v) is 13.8. The Balaban J connectivity index is 1.35. The number of Topliss-reactive ketones (excluding diaryl/α,β-unsaturated/α-hetero) is 1. The van der Waals surface area contributed by atoms with E-state index in [0.717, 1.165) is 49.5 Å². The Bertz CT molecular complexity index is 783. The van der Waals surface area contributed by atoms with Crippen LogP contribution < -0.4 is 0 Å². The van der Waals surface area contributed by atoms with Crippen molar-refractivity contribution >= 4 is 5.78 Å². The van der Waals surface area contributed by atoms with Gasteiger partial charge in [-0.25, -0.2) is 0 Å². The molecule has 11 atom stereocenters. The van der Waals surface area contributed by atoms with Gasteiger partial charge in [0.15, 0.2) is 5.79 Å². The summed E-state index contributed by atoms with van der Waals surface area (Å²) in [5, 5.41) is 0. The van der Waals surface area contributed by atoms with Gasteiger partial charge in [-0.3, -0.25) is 4.79 Å². The molecular formula is C29H46O3. The zero-order chi connectivity index (χ0) is 22.5. The number of fused-ring (bicyclic) bond motifs is 7. The number of carbonyl (C=O) groups excluding carboxylic acids is 1. The smallest absolute Gasteiger partial charge is 0.181 e. The minimum absolute atomic E-state index is 0.197. The molecule has 6 rings (SSSR count). The number of ketones is 1. The number of hydrogen-bond donors (Lipinski definition) is 0. The molecule has 6 aliphatic rings. The molecule has 0 aromatic carbocycles. The van der Waals surface area contributed by atoms with Crippen molar-refractivity contribution in [2.45, 2.75) is 117 Å². The third-order valence-corrected chi connectivity index (χ3v) is 12.6. The van der Waals surface area contributed by atoms with Crippen LogP contribution in [0.15, 0.2) is 0 Å². The lowest BCUT2D eigenvalue weighted by Gasteiger charge is -2.61. The first-order chi connectivity index (χ1) is 15.2. The van der Waals surface area contributed by atoms with Crippen LogP contribution >= 0.6 is 0 Å². The zero-order valence-electron chi connectivity index (χ0n) is 21.3. The van der Waals surface area contributed by atoms with Crippen molar-refractivity contribution in [2.24, 2.45) is 51.8 Å². The highest BCUT2D eigenvalue weighted by Crippen LogP contribution is 2.74. The van der Waals surface area contributed by atoms with Gasteiger partial charge in [0, 0.05) is 12.3 Å². The van der Waals surface area contributed by atoms with Crippen molar-refractivity contribution in [2.75, 3.05) is 6.61 Å². The summed E-state index contributed by atoms with van der Waals surface area (Å²) in [6, 6.07) is 0. The number of hydrogen-bond acceptors (Lipinski definition) is 3. The van der Waals surface area contributed by atoms with Crippen LogP contribution in [-0.4, -0.2) is 24.3 Å². The SMILES string of the molecule is CC(=O)[C@]1(C)[C@H]2[C@H](C[C@H]3[C@@H]4CC[C@H]5CCCC[C@]5(C)[C@H]4CC[C@@]32C)O[C@]12CC[C@@H](C)CO2. The van der Waals surface area contributed by atoms with E-state index in [1.807, 2.05) is 6.92 Å². The number of carbonyl (C=O) groups is 1. The summed E-state index contributed by atoms with van der Waals surface area (Å²) >= 11 is 0. The molecule has 4 saturated carbocycles. The lowest BCUT2D eigenvalue weighted by atomic mass is 9.43. The van der Waals surface area contributed by atoms with Crippen LogP contribution in [0, 0.1) is 51.8 Å². The van der Waals surface area contributed by atoms with E-state index in [-0.39, 0.29) is 11.5 Å². The molecule has 6 fully saturated rings. The highest BCUT2D eigenvalue weighted by molar-refractivity contribution is 5.84. The van der Waals surface area contributed by atoms with Crippen LogP contribution in [0.4, 0.5) is 0 Å². The number of rotatable bonds is 1. The summed E-state index contributed by atoms with van der Waals surface area (Å²) < 4.78 is 13.5. The topological polar surface area (TPSA) is 35.5 Å². The fourth-order valence-corrected chi connectivity index (χ4v) is 10.9. The first-order valence-corrected chi connectivity index (χ1v) is 14.0. The van der Waals surface area contributed by atoms with Gasteiger partial charge in [0.25, 0.3) is 0 Å².